The maximum Gasteiger partial charge on any atom is 0.339 e. The fourth-order valence-corrected chi connectivity index (χ4v) is 2.77. The highest BCUT2D eigenvalue weighted by Crippen LogP contribution is 2.27. The Bertz CT molecular complexity index is 1090. The van der Waals surface area contributed by atoms with Crippen molar-refractivity contribution in [2.24, 2.45) is 0 Å². The maximum absolute atomic E-state index is 13.0. The van der Waals surface area contributed by atoms with E-state index in [0.717, 1.165) is 0 Å². The fraction of sp³-hybridized carbons (Fsp3) is 0.0870. The van der Waals surface area contributed by atoms with Crippen molar-refractivity contribution in [3.63, 3.8) is 0 Å². The van der Waals surface area contributed by atoms with Gasteiger partial charge in [0.1, 0.15) is 5.82 Å². The molecule has 0 saturated carbocycles. The number of ether oxygens (including phenoxy) is 1. The molecule has 0 aliphatic heterocycles. The Morgan fingerprint density at radius 3 is 2.28 bits per heavy atom. The minimum atomic E-state index is -1.08. The predicted molar refractivity (Wildman–Crippen MR) is 107 cm³/mol. The average molecular weight is 388 g/mol. The largest absolute Gasteiger partial charge is 0.449 e. The first-order valence-corrected chi connectivity index (χ1v) is 8.85. The van der Waals surface area contributed by atoms with Crippen LogP contribution < -0.4 is 5.32 Å². The Hall–Kier alpha value is -3.98. The molecule has 0 spiro atoms. The fourth-order valence-electron chi connectivity index (χ4n) is 2.77. The van der Waals surface area contributed by atoms with Gasteiger partial charge in [-0.05, 0) is 48.9 Å². The van der Waals surface area contributed by atoms with Crippen molar-refractivity contribution in [1.29, 1.82) is 5.26 Å². The Balaban J connectivity index is 1.78. The molecule has 1 amide bonds. The summed E-state index contributed by atoms with van der Waals surface area (Å²) in [5.74, 6) is -1.65. The van der Waals surface area contributed by atoms with E-state index in [2.05, 4.69) is 11.4 Å². The van der Waals surface area contributed by atoms with Gasteiger partial charge < -0.3 is 10.1 Å². The third kappa shape index (κ3) is 4.66. The third-order valence-corrected chi connectivity index (χ3v) is 4.25. The van der Waals surface area contributed by atoms with Crippen molar-refractivity contribution in [2.75, 3.05) is 5.32 Å². The van der Waals surface area contributed by atoms with Gasteiger partial charge in [-0.15, -0.1) is 0 Å². The zero-order valence-electron chi connectivity index (χ0n) is 15.6. The van der Waals surface area contributed by atoms with Gasteiger partial charge in [-0.2, -0.15) is 5.26 Å². The number of hydrogen-bond acceptors (Lipinski definition) is 4. The lowest BCUT2D eigenvalue weighted by Gasteiger charge is -2.15. The van der Waals surface area contributed by atoms with E-state index in [1.165, 1.54) is 31.2 Å². The first-order valence-electron chi connectivity index (χ1n) is 8.85. The van der Waals surface area contributed by atoms with Crippen LogP contribution in [0.5, 0.6) is 0 Å². The molecule has 5 nitrogen and oxygen atoms in total. The van der Waals surface area contributed by atoms with E-state index >= 15 is 0 Å². The molecular formula is C23H17FN2O3. The molecule has 0 unspecified atom stereocenters. The monoisotopic (exact) mass is 388 g/mol. The first-order chi connectivity index (χ1) is 14.0. The predicted octanol–water partition coefficient (Wildman–Crippen LogP) is 4.55. The van der Waals surface area contributed by atoms with E-state index in [1.54, 1.807) is 48.5 Å². The van der Waals surface area contributed by atoms with E-state index in [0.29, 0.717) is 22.4 Å². The van der Waals surface area contributed by atoms with Crippen molar-refractivity contribution in [1.82, 2.24) is 0 Å². The van der Waals surface area contributed by atoms with Crippen molar-refractivity contribution < 1.29 is 18.7 Å². The van der Waals surface area contributed by atoms with Crippen molar-refractivity contribution >= 4 is 17.6 Å². The van der Waals surface area contributed by atoms with Gasteiger partial charge >= 0.3 is 5.97 Å². The summed E-state index contributed by atoms with van der Waals surface area (Å²) < 4.78 is 18.3. The van der Waals surface area contributed by atoms with Crippen LogP contribution >= 0.6 is 0 Å². The molecule has 0 heterocycles. The Labute approximate surface area is 167 Å². The topological polar surface area (TPSA) is 79.2 Å². The van der Waals surface area contributed by atoms with Gasteiger partial charge in [0.25, 0.3) is 5.91 Å². The summed E-state index contributed by atoms with van der Waals surface area (Å²) in [6, 6.07) is 21.0. The van der Waals surface area contributed by atoms with Gasteiger partial charge in [0.05, 0.1) is 17.2 Å². The summed E-state index contributed by atoms with van der Waals surface area (Å²) in [7, 11) is 0. The molecule has 6 heteroatoms. The highest BCUT2D eigenvalue weighted by molar-refractivity contribution is 6.01. The van der Waals surface area contributed by atoms with Crippen molar-refractivity contribution in [3.05, 3.63) is 89.7 Å². The molecule has 1 N–H and O–H groups in total. The van der Waals surface area contributed by atoms with E-state index < -0.39 is 23.8 Å². The number of nitrogens with zero attached hydrogens (tertiary/aromatic N) is 1. The van der Waals surface area contributed by atoms with Crippen LogP contribution in [0.1, 0.15) is 22.8 Å². The molecule has 1 atom stereocenters. The quantitative estimate of drug-likeness (QED) is 0.651. The number of benzene rings is 3. The lowest BCUT2D eigenvalue weighted by atomic mass is 9.96. The van der Waals surface area contributed by atoms with Crippen LogP contribution in [0.3, 0.4) is 0 Å². The Morgan fingerprint density at radius 2 is 1.59 bits per heavy atom. The number of esters is 1. The second-order valence-corrected chi connectivity index (χ2v) is 6.25. The number of carbonyl (C=O) groups is 2. The molecule has 29 heavy (non-hydrogen) atoms. The molecule has 0 aliphatic carbocycles. The van der Waals surface area contributed by atoms with Crippen LogP contribution in [0.25, 0.3) is 11.1 Å². The number of halogens is 1. The number of amides is 1. The average Bonchev–Trinajstić information content (AvgIpc) is 2.75. The minimum Gasteiger partial charge on any atom is -0.449 e. The summed E-state index contributed by atoms with van der Waals surface area (Å²) in [5, 5.41) is 11.9. The summed E-state index contributed by atoms with van der Waals surface area (Å²) >= 11 is 0. The number of nitrogens with one attached hydrogen (secondary N) is 1. The summed E-state index contributed by atoms with van der Waals surface area (Å²) in [4.78, 5) is 25.0. The third-order valence-electron chi connectivity index (χ3n) is 4.25. The van der Waals surface area contributed by atoms with Crippen LogP contribution in [0.2, 0.25) is 0 Å². The number of rotatable bonds is 5. The van der Waals surface area contributed by atoms with Gasteiger partial charge in [0, 0.05) is 11.3 Å². The molecule has 3 rings (SSSR count). The molecular weight excluding hydrogens is 371 g/mol. The normalized spacial score (nSPS) is 11.2. The standard InChI is InChI=1S/C23H17FN2O3/c1-15(22(27)26-18-12-10-17(24)11-13-18)29-23(28)21-9-5-4-8-20(21)19-7-3-2-6-16(19)14-25/h2-13,15H,1H3,(H,26,27)/t15-/m0/s1. The molecule has 0 fully saturated rings. The van der Waals surface area contributed by atoms with Crippen LogP contribution in [-0.4, -0.2) is 18.0 Å². The smallest absolute Gasteiger partial charge is 0.339 e. The lowest BCUT2D eigenvalue weighted by molar-refractivity contribution is -0.123. The van der Waals surface area contributed by atoms with Gasteiger partial charge in [-0.25, -0.2) is 9.18 Å². The first kappa shape index (κ1) is 19.8. The molecule has 3 aromatic carbocycles. The van der Waals surface area contributed by atoms with Gasteiger partial charge in [0.2, 0.25) is 0 Å². The second-order valence-electron chi connectivity index (χ2n) is 6.25. The summed E-state index contributed by atoms with van der Waals surface area (Å²) in [5.41, 5.74) is 2.21. The Morgan fingerprint density at radius 1 is 0.966 bits per heavy atom. The molecule has 3 aromatic rings. The van der Waals surface area contributed by atoms with Crippen LogP contribution in [0.15, 0.2) is 72.8 Å². The van der Waals surface area contributed by atoms with Gasteiger partial charge in [-0.3, -0.25) is 4.79 Å². The second kappa shape index (κ2) is 8.81. The van der Waals surface area contributed by atoms with Crippen LogP contribution in [-0.2, 0) is 9.53 Å². The van der Waals surface area contributed by atoms with E-state index in [4.69, 9.17) is 4.74 Å². The lowest BCUT2D eigenvalue weighted by Crippen LogP contribution is -2.30. The summed E-state index contributed by atoms with van der Waals surface area (Å²) in [6.45, 7) is 1.45. The van der Waals surface area contributed by atoms with E-state index in [9.17, 15) is 19.2 Å². The number of hydrogen-bond donors (Lipinski definition) is 1. The molecule has 0 aliphatic rings. The summed E-state index contributed by atoms with van der Waals surface area (Å²) in [6.07, 6.45) is -1.08. The number of nitriles is 1. The molecule has 0 radical (unpaired) electrons. The molecule has 0 aromatic heterocycles. The molecule has 0 bridgehead atoms. The maximum atomic E-state index is 13.0. The highest BCUT2D eigenvalue weighted by atomic mass is 19.1. The number of anilines is 1. The van der Waals surface area contributed by atoms with Crippen LogP contribution in [0.4, 0.5) is 10.1 Å². The SMILES string of the molecule is C[C@H](OC(=O)c1ccccc1-c1ccccc1C#N)C(=O)Nc1ccc(F)cc1. The zero-order chi connectivity index (χ0) is 20.8. The van der Waals surface area contributed by atoms with Crippen molar-refractivity contribution in [3.8, 4) is 17.2 Å². The van der Waals surface area contributed by atoms with Gasteiger partial charge in [0.15, 0.2) is 6.10 Å². The van der Waals surface area contributed by atoms with E-state index in [1.807, 2.05) is 0 Å². The number of carbonyl (C=O) groups excluding carboxylic acids is 2. The molecule has 144 valence electrons. The van der Waals surface area contributed by atoms with Crippen molar-refractivity contribution in [2.45, 2.75) is 13.0 Å². The van der Waals surface area contributed by atoms with Crippen LogP contribution in [0, 0.1) is 17.1 Å². The highest BCUT2D eigenvalue weighted by Gasteiger charge is 2.22. The van der Waals surface area contributed by atoms with E-state index in [-0.39, 0.29) is 5.56 Å². The van der Waals surface area contributed by atoms with Gasteiger partial charge in [-0.1, -0.05) is 36.4 Å². The minimum absolute atomic E-state index is 0.247. The Kier molecular flexibility index (Phi) is 6.00. The molecule has 0 saturated heterocycles. The zero-order valence-corrected chi connectivity index (χ0v) is 15.6.